The number of nitrogens with one attached hydrogen (secondary N) is 1. The van der Waals surface area contributed by atoms with E-state index in [0.29, 0.717) is 5.75 Å². The van der Waals surface area contributed by atoms with Crippen LogP contribution < -0.4 is 10.1 Å². The van der Waals surface area contributed by atoms with Crippen LogP contribution in [0.4, 0.5) is 4.79 Å². The number of carbonyl (C=O) groups excluding carboxylic acids is 1. The Bertz CT molecular complexity index is 566. The van der Waals surface area contributed by atoms with E-state index in [2.05, 4.69) is 0 Å². The van der Waals surface area contributed by atoms with Gasteiger partial charge < -0.3 is 19.7 Å². The number of carboxylic acid groups (broad SMARTS) is 1. The van der Waals surface area contributed by atoms with Gasteiger partial charge in [0.25, 0.3) is 0 Å². The lowest BCUT2D eigenvalue weighted by atomic mass is 10.0. The molecule has 7 nitrogen and oxygen atoms in total. The lowest BCUT2D eigenvalue weighted by molar-refractivity contribution is -0.162. The predicted octanol–water partition coefficient (Wildman–Crippen LogP) is 1.93. The summed E-state index contributed by atoms with van der Waals surface area (Å²) >= 11 is 0. The number of methoxy groups -OCH3 is 1. The van der Waals surface area contributed by atoms with Crippen molar-refractivity contribution in [3.63, 3.8) is 0 Å². The molecule has 0 fully saturated rings. The third-order valence-electron chi connectivity index (χ3n) is 2.97. The lowest BCUT2D eigenvalue weighted by Gasteiger charge is -2.27. The van der Waals surface area contributed by atoms with Crippen LogP contribution in [0.25, 0.3) is 0 Å². The molecule has 0 aliphatic heterocycles. The minimum absolute atomic E-state index is 0.214. The van der Waals surface area contributed by atoms with Crippen LogP contribution >= 0.6 is 0 Å². The molecule has 23 heavy (non-hydrogen) atoms. The molecular formula is C16H23NO6. The van der Waals surface area contributed by atoms with Gasteiger partial charge in [0.2, 0.25) is 5.72 Å². The molecule has 1 aromatic rings. The molecule has 0 spiro atoms. The van der Waals surface area contributed by atoms with Crippen molar-refractivity contribution >= 4 is 12.1 Å². The molecule has 3 N–H and O–H groups in total. The molecule has 0 saturated heterocycles. The van der Waals surface area contributed by atoms with E-state index in [0.717, 1.165) is 5.56 Å². The second kappa shape index (κ2) is 7.32. The van der Waals surface area contributed by atoms with E-state index >= 15 is 0 Å². The van der Waals surface area contributed by atoms with E-state index in [-0.39, 0.29) is 12.8 Å². The van der Waals surface area contributed by atoms with Gasteiger partial charge >= 0.3 is 12.1 Å². The van der Waals surface area contributed by atoms with Crippen LogP contribution in [0.2, 0.25) is 0 Å². The molecule has 0 aromatic heterocycles. The van der Waals surface area contributed by atoms with E-state index < -0.39 is 23.4 Å². The average molecular weight is 325 g/mol. The van der Waals surface area contributed by atoms with E-state index in [9.17, 15) is 19.8 Å². The van der Waals surface area contributed by atoms with Crippen molar-refractivity contribution in [1.82, 2.24) is 5.32 Å². The maximum atomic E-state index is 11.7. The van der Waals surface area contributed by atoms with Gasteiger partial charge in [-0.15, -0.1) is 0 Å². The van der Waals surface area contributed by atoms with Crippen molar-refractivity contribution in [2.75, 3.05) is 7.11 Å². The summed E-state index contributed by atoms with van der Waals surface area (Å²) in [6.45, 7) is 4.92. The first-order chi connectivity index (χ1) is 10.6. The van der Waals surface area contributed by atoms with Gasteiger partial charge in [0, 0.05) is 6.42 Å². The highest BCUT2D eigenvalue weighted by Crippen LogP contribution is 2.18. The number of rotatable bonds is 6. The maximum absolute atomic E-state index is 11.7. The van der Waals surface area contributed by atoms with E-state index in [1.165, 1.54) is 7.11 Å². The number of benzene rings is 1. The summed E-state index contributed by atoms with van der Waals surface area (Å²) in [7, 11) is 1.52. The zero-order valence-electron chi connectivity index (χ0n) is 13.8. The van der Waals surface area contributed by atoms with E-state index in [4.69, 9.17) is 9.47 Å². The normalized spacial score (nSPS) is 13.8. The van der Waals surface area contributed by atoms with Crippen molar-refractivity contribution in [3.8, 4) is 5.75 Å². The number of hydrogen-bond acceptors (Lipinski definition) is 5. The lowest BCUT2D eigenvalue weighted by Crippen LogP contribution is -2.55. The SMILES string of the molecule is COc1cccc(CCC(O)(NC(=O)OC(C)(C)C)C(=O)O)c1. The molecule has 0 heterocycles. The van der Waals surface area contributed by atoms with E-state index in [1.54, 1.807) is 45.0 Å². The summed E-state index contributed by atoms with van der Waals surface area (Å²) in [6, 6.07) is 7.02. The van der Waals surface area contributed by atoms with Crippen LogP contribution in [0.1, 0.15) is 32.8 Å². The zero-order valence-corrected chi connectivity index (χ0v) is 13.8. The first-order valence-electron chi connectivity index (χ1n) is 7.15. The summed E-state index contributed by atoms with van der Waals surface area (Å²) in [6.07, 6.45) is -0.974. The van der Waals surface area contributed by atoms with Crippen LogP contribution in [0.5, 0.6) is 5.75 Å². The van der Waals surface area contributed by atoms with Crippen molar-refractivity contribution in [3.05, 3.63) is 29.8 Å². The molecule has 1 unspecified atom stereocenters. The summed E-state index contributed by atoms with van der Waals surface area (Å²) in [5.74, 6) is -0.923. The molecule has 0 bridgehead atoms. The van der Waals surface area contributed by atoms with Gasteiger partial charge in [0.1, 0.15) is 11.4 Å². The Labute approximate surface area is 135 Å². The highest BCUT2D eigenvalue weighted by atomic mass is 16.6. The minimum atomic E-state index is -2.41. The first kappa shape index (κ1) is 18.8. The maximum Gasteiger partial charge on any atom is 0.410 e. The Morgan fingerprint density at radius 2 is 1.91 bits per heavy atom. The number of amides is 1. The number of carboxylic acids is 1. The van der Waals surface area contributed by atoms with Gasteiger partial charge in [-0.2, -0.15) is 0 Å². The van der Waals surface area contributed by atoms with Crippen LogP contribution in [-0.4, -0.2) is 40.7 Å². The molecular weight excluding hydrogens is 302 g/mol. The van der Waals surface area contributed by atoms with Gasteiger partial charge in [-0.1, -0.05) is 12.1 Å². The zero-order chi connectivity index (χ0) is 17.7. The molecule has 1 atom stereocenters. The van der Waals surface area contributed by atoms with E-state index in [1.807, 2.05) is 5.32 Å². The molecule has 1 amide bonds. The Kier molecular flexibility index (Phi) is 5.98. The molecule has 7 heteroatoms. The van der Waals surface area contributed by atoms with Gasteiger partial charge in [-0.05, 0) is 44.9 Å². The third-order valence-corrected chi connectivity index (χ3v) is 2.97. The summed E-state index contributed by atoms with van der Waals surface area (Å²) in [4.78, 5) is 23.0. The number of aryl methyl sites for hydroxylation is 1. The number of hydrogen-bond donors (Lipinski definition) is 3. The highest BCUT2D eigenvalue weighted by Gasteiger charge is 2.38. The predicted molar refractivity (Wildman–Crippen MR) is 83.3 cm³/mol. The van der Waals surface area contributed by atoms with Gasteiger partial charge in [0.05, 0.1) is 7.11 Å². The Hall–Kier alpha value is -2.28. The van der Waals surface area contributed by atoms with Crippen LogP contribution in [-0.2, 0) is 16.0 Å². The fourth-order valence-corrected chi connectivity index (χ4v) is 1.85. The quantitative estimate of drug-likeness (QED) is 0.690. The molecule has 0 aliphatic rings. The average Bonchev–Trinajstić information content (AvgIpc) is 2.43. The van der Waals surface area contributed by atoms with Gasteiger partial charge in [0.15, 0.2) is 0 Å². The number of aliphatic carboxylic acids is 1. The molecule has 128 valence electrons. The molecule has 1 rings (SSSR count). The van der Waals surface area contributed by atoms with Gasteiger partial charge in [-0.3, -0.25) is 5.32 Å². The smallest absolute Gasteiger partial charge is 0.410 e. The Balaban J connectivity index is 2.76. The number of carbonyl (C=O) groups is 2. The monoisotopic (exact) mass is 325 g/mol. The van der Waals surface area contributed by atoms with Crippen molar-refractivity contribution in [2.45, 2.75) is 44.9 Å². The molecule has 0 radical (unpaired) electrons. The molecule has 0 saturated carbocycles. The third kappa shape index (κ3) is 6.15. The Morgan fingerprint density at radius 3 is 2.43 bits per heavy atom. The van der Waals surface area contributed by atoms with Crippen LogP contribution in [0.3, 0.4) is 0 Å². The first-order valence-corrected chi connectivity index (χ1v) is 7.15. The summed E-state index contributed by atoms with van der Waals surface area (Å²) < 4.78 is 10.1. The summed E-state index contributed by atoms with van der Waals surface area (Å²) in [5, 5.41) is 21.4. The largest absolute Gasteiger partial charge is 0.497 e. The number of alkyl carbamates (subject to hydrolysis) is 1. The fraction of sp³-hybridized carbons (Fsp3) is 0.500. The highest BCUT2D eigenvalue weighted by molar-refractivity contribution is 5.82. The van der Waals surface area contributed by atoms with Crippen molar-refractivity contribution < 1.29 is 29.3 Å². The van der Waals surface area contributed by atoms with Crippen molar-refractivity contribution in [2.24, 2.45) is 0 Å². The molecule has 1 aromatic carbocycles. The minimum Gasteiger partial charge on any atom is -0.497 e. The second-order valence-electron chi connectivity index (χ2n) is 6.14. The molecule has 0 aliphatic carbocycles. The van der Waals surface area contributed by atoms with Crippen molar-refractivity contribution in [1.29, 1.82) is 0 Å². The fourth-order valence-electron chi connectivity index (χ4n) is 1.85. The number of ether oxygens (including phenoxy) is 2. The Morgan fingerprint density at radius 1 is 1.26 bits per heavy atom. The topological polar surface area (TPSA) is 105 Å². The van der Waals surface area contributed by atoms with Crippen LogP contribution in [0.15, 0.2) is 24.3 Å². The second-order valence-corrected chi connectivity index (χ2v) is 6.14. The van der Waals surface area contributed by atoms with Crippen LogP contribution in [0, 0.1) is 0 Å². The summed E-state index contributed by atoms with van der Waals surface area (Å²) in [5.41, 5.74) is -2.43. The number of aliphatic hydroxyl groups is 1. The van der Waals surface area contributed by atoms with Gasteiger partial charge in [-0.25, -0.2) is 9.59 Å². The standard InChI is InChI=1S/C16H23NO6/c1-15(2,3)23-14(20)17-16(21,13(18)19)9-8-11-6-5-7-12(10-11)22-4/h5-7,10,21H,8-9H2,1-4H3,(H,17,20)(H,18,19).